The molecule has 1 fully saturated rings. The average Bonchev–Trinajstić information content (AvgIpc) is 3.45. The van der Waals surface area contributed by atoms with Gasteiger partial charge in [-0.2, -0.15) is 13.2 Å². The number of hydrogen-bond donors (Lipinski definition) is 0. The first-order chi connectivity index (χ1) is 17.8. The number of ether oxygens (including phenoxy) is 2. The number of alkyl halides is 3. The zero-order chi connectivity index (χ0) is 26.4. The van der Waals surface area contributed by atoms with Gasteiger partial charge in [0.1, 0.15) is 17.9 Å². The third kappa shape index (κ3) is 6.44. The van der Waals surface area contributed by atoms with E-state index in [1.807, 2.05) is 6.07 Å². The van der Waals surface area contributed by atoms with Crippen molar-refractivity contribution in [2.45, 2.75) is 50.9 Å². The van der Waals surface area contributed by atoms with Crippen LogP contribution in [0.25, 0.3) is 0 Å². The maximum absolute atomic E-state index is 13.6. The van der Waals surface area contributed by atoms with Gasteiger partial charge in [-0.1, -0.05) is 43.2 Å². The fraction of sp³-hybridized carbons (Fsp3) is 0.333. The summed E-state index contributed by atoms with van der Waals surface area (Å²) in [6.07, 6.45) is 2.06. The number of esters is 1. The van der Waals surface area contributed by atoms with Crippen molar-refractivity contribution in [2.75, 3.05) is 12.0 Å². The third-order valence-corrected chi connectivity index (χ3v) is 6.23. The van der Waals surface area contributed by atoms with Crippen LogP contribution in [-0.4, -0.2) is 35.1 Å². The molecule has 0 radical (unpaired) electrons. The van der Waals surface area contributed by atoms with E-state index in [9.17, 15) is 22.8 Å². The minimum absolute atomic E-state index is 0.0160. The van der Waals surface area contributed by atoms with Crippen LogP contribution in [0.5, 0.6) is 5.75 Å². The van der Waals surface area contributed by atoms with Crippen LogP contribution >= 0.6 is 0 Å². The first kappa shape index (κ1) is 26.1. The van der Waals surface area contributed by atoms with Gasteiger partial charge in [0, 0.05) is 23.9 Å². The van der Waals surface area contributed by atoms with Crippen molar-refractivity contribution in [3.63, 3.8) is 0 Å². The average molecular weight is 514 g/mol. The second-order valence-electron chi connectivity index (χ2n) is 8.75. The quantitative estimate of drug-likeness (QED) is 0.365. The van der Waals surface area contributed by atoms with Gasteiger partial charge in [0.05, 0.1) is 31.2 Å². The topological polar surface area (TPSA) is 81.6 Å². The Morgan fingerprint density at radius 2 is 1.76 bits per heavy atom. The maximum Gasteiger partial charge on any atom is 0.471 e. The van der Waals surface area contributed by atoms with Crippen molar-refractivity contribution < 1.29 is 32.2 Å². The van der Waals surface area contributed by atoms with Crippen LogP contribution in [0.4, 0.5) is 18.9 Å². The highest BCUT2D eigenvalue weighted by Crippen LogP contribution is 2.33. The van der Waals surface area contributed by atoms with Crippen molar-refractivity contribution in [1.82, 2.24) is 9.97 Å². The van der Waals surface area contributed by atoms with Gasteiger partial charge >= 0.3 is 18.1 Å². The summed E-state index contributed by atoms with van der Waals surface area (Å²) in [6, 6.07) is 12.8. The Balaban J connectivity index is 1.64. The first-order valence-corrected chi connectivity index (χ1v) is 11.8. The number of carbonyl (C=O) groups excluding carboxylic acids is 2. The summed E-state index contributed by atoms with van der Waals surface area (Å²) in [7, 11) is 1.19. The van der Waals surface area contributed by atoms with Crippen molar-refractivity contribution in [2.24, 2.45) is 0 Å². The molecule has 0 N–H and O–H groups in total. The van der Waals surface area contributed by atoms with Crippen LogP contribution in [0.1, 0.15) is 58.9 Å². The highest BCUT2D eigenvalue weighted by molar-refractivity contribution is 5.99. The Kier molecular flexibility index (Phi) is 8.05. The lowest BCUT2D eigenvalue weighted by Gasteiger charge is -2.24. The number of benzene rings is 2. The molecule has 0 aliphatic heterocycles. The SMILES string of the molecule is COC(=O)c1ccc(N(Cc2cnc(C3CCCC3)cn2)C(=O)C(F)(F)F)cc1OCc1ccccc1. The highest BCUT2D eigenvalue weighted by Gasteiger charge is 2.43. The molecule has 1 amide bonds. The molecule has 4 rings (SSSR count). The van der Waals surface area contributed by atoms with E-state index >= 15 is 0 Å². The lowest BCUT2D eigenvalue weighted by atomic mass is 10.1. The van der Waals surface area contributed by atoms with E-state index in [0.29, 0.717) is 10.8 Å². The van der Waals surface area contributed by atoms with Gasteiger partial charge < -0.3 is 9.47 Å². The lowest BCUT2D eigenvalue weighted by Crippen LogP contribution is -2.41. The number of halogens is 3. The Hall–Kier alpha value is -3.95. The Morgan fingerprint density at radius 1 is 1.03 bits per heavy atom. The summed E-state index contributed by atoms with van der Waals surface area (Å²) >= 11 is 0. The van der Waals surface area contributed by atoms with Gasteiger partial charge in [0.25, 0.3) is 0 Å². The standard InChI is InChI=1S/C27H26F3N3O4/c1-36-25(34)22-12-11-21(13-24(22)37-17-18-7-3-2-4-8-18)33(26(35)27(28,29)30)16-20-14-32-23(15-31-20)19-9-5-6-10-19/h2-4,7-8,11-15,19H,5-6,9-10,16-17H2,1H3. The van der Waals surface area contributed by atoms with E-state index in [1.54, 1.807) is 30.5 Å². The van der Waals surface area contributed by atoms with E-state index in [1.165, 1.54) is 31.5 Å². The molecule has 1 aliphatic carbocycles. The number of anilines is 1. The van der Waals surface area contributed by atoms with Gasteiger partial charge in [-0.15, -0.1) is 0 Å². The number of amides is 1. The van der Waals surface area contributed by atoms with E-state index in [2.05, 4.69) is 9.97 Å². The van der Waals surface area contributed by atoms with Gasteiger partial charge in [-0.05, 0) is 30.5 Å². The smallest absolute Gasteiger partial charge is 0.471 e. The summed E-state index contributed by atoms with van der Waals surface area (Å²) in [6.45, 7) is -0.415. The normalized spacial score (nSPS) is 13.8. The maximum atomic E-state index is 13.6. The number of methoxy groups -OCH3 is 1. The third-order valence-electron chi connectivity index (χ3n) is 6.23. The molecule has 37 heavy (non-hydrogen) atoms. The van der Waals surface area contributed by atoms with E-state index < -0.39 is 24.6 Å². The zero-order valence-corrected chi connectivity index (χ0v) is 20.2. The van der Waals surface area contributed by atoms with Gasteiger partial charge in [0.15, 0.2) is 0 Å². The molecular weight excluding hydrogens is 487 g/mol. The number of hydrogen-bond acceptors (Lipinski definition) is 6. The molecule has 1 heterocycles. The fourth-order valence-corrected chi connectivity index (χ4v) is 4.29. The highest BCUT2D eigenvalue weighted by atomic mass is 19.4. The summed E-state index contributed by atoms with van der Waals surface area (Å²) in [4.78, 5) is 33.9. The summed E-state index contributed by atoms with van der Waals surface area (Å²) in [5.74, 6) is -2.52. The molecule has 0 saturated heterocycles. The lowest BCUT2D eigenvalue weighted by molar-refractivity contribution is -0.170. The van der Waals surface area contributed by atoms with Gasteiger partial charge in [-0.3, -0.25) is 19.7 Å². The molecule has 7 nitrogen and oxygen atoms in total. The molecule has 0 unspecified atom stereocenters. The number of carbonyl (C=O) groups is 2. The molecule has 1 saturated carbocycles. The minimum Gasteiger partial charge on any atom is -0.488 e. The molecule has 1 aromatic heterocycles. The summed E-state index contributed by atoms with van der Waals surface area (Å²) in [5.41, 5.74) is 1.68. The van der Waals surface area contributed by atoms with Crippen molar-refractivity contribution in [3.05, 3.63) is 83.4 Å². The Bertz CT molecular complexity index is 1230. The molecule has 0 spiro atoms. The largest absolute Gasteiger partial charge is 0.488 e. The molecule has 0 atom stereocenters. The monoisotopic (exact) mass is 513 g/mol. The van der Waals surface area contributed by atoms with Crippen LogP contribution in [0.15, 0.2) is 60.9 Å². The zero-order valence-electron chi connectivity index (χ0n) is 20.2. The summed E-state index contributed by atoms with van der Waals surface area (Å²) < 4.78 is 51.2. The van der Waals surface area contributed by atoms with Crippen LogP contribution in [0, 0.1) is 0 Å². The molecule has 10 heteroatoms. The first-order valence-electron chi connectivity index (χ1n) is 11.8. The number of aromatic nitrogens is 2. The Labute approximate surface area is 212 Å². The van der Waals surface area contributed by atoms with Crippen LogP contribution < -0.4 is 9.64 Å². The van der Waals surface area contributed by atoms with Crippen molar-refractivity contribution in [3.8, 4) is 5.75 Å². The predicted molar refractivity (Wildman–Crippen MR) is 129 cm³/mol. The molecule has 3 aromatic rings. The molecule has 194 valence electrons. The van der Waals surface area contributed by atoms with Crippen molar-refractivity contribution in [1.29, 1.82) is 0 Å². The predicted octanol–water partition coefficient (Wildman–Crippen LogP) is 5.60. The van der Waals surface area contributed by atoms with Crippen LogP contribution in [0.2, 0.25) is 0 Å². The number of nitrogens with zero attached hydrogens (tertiary/aromatic N) is 3. The van der Waals surface area contributed by atoms with E-state index in [4.69, 9.17) is 9.47 Å². The molecular formula is C27H26F3N3O4. The van der Waals surface area contributed by atoms with Gasteiger partial charge in [0.2, 0.25) is 0 Å². The molecule has 2 aromatic carbocycles. The molecule has 1 aliphatic rings. The Morgan fingerprint density at radius 3 is 2.38 bits per heavy atom. The minimum atomic E-state index is -5.14. The fourth-order valence-electron chi connectivity index (χ4n) is 4.29. The van der Waals surface area contributed by atoms with Crippen LogP contribution in [0.3, 0.4) is 0 Å². The second-order valence-corrected chi connectivity index (χ2v) is 8.75. The molecule has 0 bridgehead atoms. The summed E-state index contributed by atoms with van der Waals surface area (Å²) in [5, 5.41) is 0. The van der Waals surface area contributed by atoms with E-state index in [0.717, 1.165) is 36.9 Å². The van der Waals surface area contributed by atoms with Gasteiger partial charge in [-0.25, -0.2) is 4.79 Å². The number of rotatable bonds is 8. The second kappa shape index (κ2) is 11.4. The van der Waals surface area contributed by atoms with Crippen molar-refractivity contribution >= 4 is 17.6 Å². The van der Waals surface area contributed by atoms with E-state index in [-0.39, 0.29) is 29.3 Å². The van der Waals surface area contributed by atoms with Crippen LogP contribution in [-0.2, 0) is 22.7 Å².